The fraction of sp³-hybridized carbons (Fsp3) is 0.389. The van der Waals surface area contributed by atoms with Gasteiger partial charge in [0.1, 0.15) is 6.10 Å². The summed E-state index contributed by atoms with van der Waals surface area (Å²) in [6.07, 6.45) is -1.05. The number of hydrogen-bond acceptors (Lipinski definition) is 3. The third-order valence-electron chi connectivity index (χ3n) is 4.09. The molecule has 3 N–H and O–H groups in total. The Morgan fingerprint density at radius 2 is 1.96 bits per heavy atom. The van der Waals surface area contributed by atoms with Gasteiger partial charge in [0, 0.05) is 18.2 Å². The number of amides is 1. The molecule has 0 radical (unpaired) electrons. The van der Waals surface area contributed by atoms with Crippen molar-refractivity contribution >= 4 is 28.5 Å². The van der Waals surface area contributed by atoms with E-state index in [0.717, 1.165) is 16.3 Å². The van der Waals surface area contributed by atoms with Gasteiger partial charge in [-0.05, 0) is 22.8 Å². The minimum Gasteiger partial charge on any atom is -0.446 e. The molecule has 3 atom stereocenters. The molecule has 0 fully saturated rings. The van der Waals surface area contributed by atoms with Crippen LogP contribution in [0.3, 0.4) is 0 Å². The smallest absolute Gasteiger partial charge is 0.404 e. The fourth-order valence-corrected chi connectivity index (χ4v) is 3.18. The summed E-state index contributed by atoms with van der Waals surface area (Å²) in [5.41, 5.74) is 6.19. The largest absolute Gasteiger partial charge is 0.446 e. The van der Waals surface area contributed by atoms with Crippen LogP contribution >= 0.6 is 11.6 Å². The fourth-order valence-electron chi connectivity index (χ4n) is 2.78. The molecule has 0 bridgehead atoms. The summed E-state index contributed by atoms with van der Waals surface area (Å²) < 4.78 is 5.24. The van der Waals surface area contributed by atoms with Crippen molar-refractivity contribution in [2.75, 3.05) is 5.88 Å². The lowest BCUT2D eigenvalue weighted by Crippen LogP contribution is -2.39. The van der Waals surface area contributed by atoms with Gasteiger partial charge in [0.15, 0.2) is 0 Å². The molecule has 3 unspecified atom stereocenters. The molecule has 0 saturated carbocycles. The third-order valence-corrected chi connectivity index (χ3v) is 4.44. The molecule has 0 aliphatic carbocycles. The van der Waals surface area contributed by atoms with Gasteiger partial charge in [-0.1, -0.05) is 49.4 Å². The first-order chi connectivity index (χ1) is 11.0. The number of rotatable bonds is 7. The van der Waals surface area contributed by atoms with E-state index in [-0.39, 0.29) is 11.8 Å². The number of carbonyl (C=O) groups is 1. The van der Waals surface area contributed by atoms with Gasteiger partial charge in [0.25, 0.3) is 0 Å². The molecule has 0 heterocycles. The topological polar surface area (TPSA) is 72.6 Å². The number of halogens is 1. The van der Waals surface area contributed by atoms with Crippen molar-refractivity contribution < 1.29 is 14.6 Å². The van der Waals surface area contributed by atoms with Crippen LogP contribution in [0, 0.1) is 5.92 Å². The van der Waals surface area contributed by atoms with E-state index in [2.05, 4.69) is 6.07 Å². The van der Waals surface area contributed by atoms with Gasteiger partial charge < -0.3 is 15.6 Å². The Morgan fingerprint density at radius 1 is 1.26 bits per heavy atom. The van der Waals surface area contributed by atoms with Gasteiger partial charge >= 0.3 is 6.09 Å². The van der Waals surface area contributed by atoms with Crippen LogP contribution in [0.15, 0.2) is 42.5 Å². The number of carbonyl (C=O) groups excluding carboxylic acids is 1. The highest BCUT2D eigenvalue weighted by molar-refractivity contribution is 6.18. The number of benzene rings is 2. The quantitative estimate of drug-likeness (QED) is 0.761. The van der Waals surface area contributed by atoms with E-state index < -0.39 is 18.3 Å². The molecule has 4 nitrogen and oxygen atoms in total. The second-order valence-corrected chi connectivity index (χ2v) is 5.96. The molecule has 2 rings (SSSR count). The number of aliphatic hydroxyl groups excluding tert-OH is 1. The molecule has 0 aliphatic rings. The van der Waals surface area contributed by atoms with Gasteiger partial charge in [-0.25, -0.2) is 4.79 Å². The Balaban J connectivity index is 2.25. The zero-order valence-electron chi connectivity index (χ0n) is 13.1. The van der Waals surface area contributed by atoms with Crippen molar-refractivity contribution in [3.63, 3.8) is 0 Å². The van der Waals surface area contributed by atoms with E-state index in [1.807, 2.05) is 43.3 Å². The lowest BCUT2D eigenvalue weighted by Gasteiger charge is -2.28. The molecule has 0 aliphatic heterocycles. The monoisotopic (exact) mass is 335 g/mol. The van der Waals surface area contributed by atoms with E-state index >= 15 is 0 Å². The van der Waals surface area contributed by atoms with E-state index in [1.165, 1.54) is 0 Å². The van der Waals surface area contributed by atoms with E-state index in [1.54, 1.807) is 0 Å². The molecule has 2 aromatic rings. The second kappa shape index (κ2) is 8.18. The summed E-state index contributed by atoms with van der Waals surface area (Å²) in [5, 5.41) is 12.4. The van der Waals surface area contributed by atoms with Crippen LogP contribution in [-0.4, -0.2) is 29.3 Å². The van der Waals surface area contributed by atoms with E-state index in [4.69, 9.17) is 22.1 Å². The van der Waals surface area contributed by atoms with Gasteiger partial charge in [-0.3, -0.25) is 0 Å². The summed E-state index contributed by atoms with van der Waals surface area (Å²) in [6, 6.07) is 14.1. The Hall–Kier alpha value is -1.78. The number of nitrogens with two attached hydrogens (primary N) is 1. The maximum Gasteiger partial charge on any atom is 0.404 e. The molecule has 0 aromatic heterocycles. The van der Waals surface area contributed by atoms with Crippen LogP contribution in [0.25, 0.3) is 10.8 Å². The van der Waals surface area contributed by atoms with Crippen LogP contribution in [0.1, 0.15) is 18.9 Å². The van der Waals surface area contributed by atoms with Gasteiger partial charge in [0.05, 0.1) is 6.10 Å². The van der Waals surface area contributed by atoms with Crippen molar-refractivity contribution in [3.8, 4) is 0 Å². The number of ether oxygens (including phenoxy) is 1. The summed E-state index contributed by atoms with van der Waals surface area (Å²) in [7, 11) is 0. The molecule has 1 amide bonds. The molecule has 2 aromatic carbocycles. The molecular formula is C18H22ClNO3. The molecule has 0 saturated heterocycles. The zero-order chi connectivity index (χ0) is 16.8. The third kappa shape index (κ3) is 4.60. The van der Waals surface area contributed by atoms with E-state index in [9.17, 15) is 9.90 Å². The SMILES string of the molecule is CCC(O)C(CCl)C(Cc1ccc2ccccc2c1)OC(N)=O. The number of primary amides is 1. The first-order valence-corrected chi connectivity index (χ1v) is 8.26. The van der Waals surface area contributed by atoms with Crippen molar-refractivity contribution in [1.82, 2.24) is 0 Å². The Labute approximate surface area is 141 Å². The Kier molecular flexibility index (Phi) is 6.25. The molecule has 5 heteroatoms. The summed E-state index contributed by atoms with van der Waals surface area (Å²) in [6.45, 7) is 1.86. The van der Waals surface area contributed by atoms with Gasteiger partial charge in [0.2, 0.25) is 0 Å². The van der Waals surface area contributed by atoms with Crippen molar-refractivity contribution in [2.24, 2.45) is 11.7 Å². The molecular weight excluding hydrogens is 314 g/mol. The summed E-state index contributed by atoms with van der Waals surface area (Å²) >= 11 is 5.99. The normalized spacial score (nSPS) is 15.1. The number of alkyl halides is 1. The Bertz CT molecular complexity index is 662. The first kappa shape index (κ1) is 17.6. The maximum absolute atomic E-state index is 11.2. The highest BCUT2D eigenvalue weighted by atomic mass is 35.5. The van der Waals surface area contributed by atoms with Crippen molar-refractivity contribution in [2.45, 2.75) is 32.0 Å². The van der Waals surface area contributed by atoms with Crippen molar-refractivity contribution in [3.05, 3.63) is 48.0 Å². The maximum atomic E-state index is 11.2. The average molecular weight is 336 g/mol. The molecule has 0 spiro atoms. The summed E-state index contributed by atoms with van der Waals surface area (Å²) in [4.78, 5) is 11.2. The lowest BCUT2D eigenvalue weighted by molar-refractivity contribution is 0.0111. The number of aliphatic hydroxyl groups is 1. The predicted molar refractivity (Wildman–Crippen MR) is 92.6 cm³/mol. The minimum absolute atomic E-state index is 0.195. The van der Waals surface area contributed by atoms with Gasteiger partial charge in [-0.2, -0.15) is 0 Å². The van der Waals surface area contributed by atoms with Crippen molar-refractivity contribution in [1.29, 1.82) is 0 Å². The zero-order valence-corrected chi connectivity index (χ0v) is 13.9. The summed E-state index contributed by atoms with van der Waals surface area (Å²) in [5.74, 6) is -0.166. The van der Waals surface area contributed by atoms with Crippen LogP contribution in [0.4, 0.5) is 4.79 Å². The standard InChI is InChI=1S/C18H22ClNO3/c1-2-16(21)15(11-19)17(23-18(20)22)10-12-7-8-13-5-3-4-6-14(13)9-12/h3-9,15-17,21H,2,10-11H2,1H3,(H2,20,22). The lowest BCUT2D eigenvalue weighted by atomic mass is 9.91. The highest BCUT2D eigenvalue weighted by Crippen LogP contribution is 2.23. The molecule has 124 valence electrons. The Morgan fingerprint density at radius 3 is 2.57 bits per heavy atom. The second-order valence-electron chi connectivity index (χ2n) is 5.65. The number of hydrogen-bond donors (Lipinski definition) is 2. The van der Waals surface area contributed by atoms with Crippen LogP contribution in [-0.2, 0) is 11.2 Å². The average Bonchev–Trinajstić information content (AvgIpc) is 2.54. The molecule has 23 heavy (non-hydrogen) atoms. The van der Waals surface area contributed by atoms with Gasteiger partial charge in [-0.15, -0.1) is 11.6 Å². The van der Waals surface area contributed by atoms with Crippen LogP contribution in [0.5, 0.6) is 0 Å². The first-order valence-electron chi connectivity index (χ1n) is 7.73. The van der Waals surface area contributed by atoms with E-state index in [0.29, 0.717) is 12.8 Å². The van der Waals surface area contributed by atoms with Crippen LogP contribution < -0.4 is 5.73 Å². The van der Waals surface area contributed by atoms with Crippen LogP contribution in [0.2, 0.25) is 0 Å². The highest BCUT2D eigenvalue weighted by Gasteiger charge is 2.29. The number of fused-ring (bicyclic) bond motifs is 1. The minimum atomic E-state index is -0.853. The predicted octanol–water partition coefficient (Wildman–Crippen LogP) is 3.47.